The fourth-order valence-electron chi connectivity index (χ4n) is 2.37. The van der Waals surface area contributed by atoms with Crippen LogP contribution in [-0.2, 0) is 14.4 Å². The van der Waals surface area contributed by atoms with Crippen molar-refractivity contribution in [2.45, 2.75) is 31.6 Å². The smallest absolute Gasteiger partial charge is 0.331 e. The van der Waals surface area contributed by atoms with Gasteiger partial charge in [0, 0.05) is 27.9 Å². The molecule has 0 atom stereocenters. The van der Waals surface area contributed by atoms with E-state index in [1.165, 1.54) is 24.2 Å². The molecule has 0 aliphatic carbocycles. The van der Waals surface area contributed by atoms with Crippen LogP contribution in [0, 0.1) is 0 Å². The number of rotatable bonds is 8. The quantitative estimate of drug-likeness (QED) is 0.438. The first kappa shape index (κ1) is 22.2. The van der Waals surface area contributed by atoms with Crippen LogP contribution in [0.15, 0.2) is 65.1 Å². The number of hydrogen-bond donors (Lipinski definition) is 3. The Morgan fingerprint density at radius 3 is 2.07 bits per heavy atom. The Labute approximate surface area is 174 Å². The minimum atomic E-state index is -1.14. The molecule has 3 N–H and O–H groups in total. The molecular formula is C22H24N2O4S. The highest BCUT2D eigenvalue weighted by Crippen LogP contribution is 2.21. The zero-order valence-corrected chi connectivity index (χ0v) is 17.4. The van der Waals surface area contributed by atoms with E-state index in [4.69, 9.17) is 5.11 Å². The fourth-order valence-corrected chi connectivity index (χ4v) is 3.07. The first-order valence-electron chi connectivity index (χ1n) is 9.10. The molecule has 2 amide bonds. The Morgan fingerprint density at radius 2 is 1.52 bits per heavy atom. The van der Waals surface area contributed by atoms with E-state index in [-0.39, 0.29) is 17.2 Å². The molecule has 29 heavy (non-hydrogen) atoms. The van der Waals surface area contributed by atoms with Crippen molar-refractivity contribution in [3.8, 4) is 0 Å². The molecule has 6 nitrogen and oxygen atoms in total. The van der Waals surface area contributed by atoms with Gasteiger partial charge in [-0.2, -0.15) is 0 Å². The number of anilines is 2. The van der Waals surface area contributed by atoms with Crippen molar-refractivity contribution in [3.05, 3.63) is 65.7 Å². The summed E-state index contributed by atoms with van der Waals surface area (Å²) in [5, 5.41) is 14.3. The highest BCUT2D eigenvalue weighted by Gasteiger charge is 2.07. The van der Waals surface area contributed by atoms with Gasteiger partial charge >= 0.3 is 5.97 Å². The summed E-state index contributed by atoms with van der Waals surface area (Å²) in [6.07, 6.45) is 1.03. The van der Waals surface area contributed by atoms with Gasteiger partial charge in [-0.1, -0.05) is 26.0 Å². The maximum Gasteiger partial charge on any atom is 0.331 e. The van der Waals surface area contributed by atoms with Crippen molar-refractivity contribution >= 4 is 40.9 Å². The Bertz CT molecular complexity index is 903. The summed E-state index contributed by atoms with van der Waals surface area (Å²) in [4.78, 5) is 35.5. The molecule has 2 aromatic rings. The molecule has 0 aliphatic heterocycles. The molecule has 0 heterocycles. The molecule has 0 radical (unpaired) electrons. The predicted octanol–water partition coefficient (Wildman–Crippen LogP) is 4.51. The second kappa shape index (κ2) is 10.5. The molecule has 0 saturated heterocycles. The summed E-state index contributed by atoms with van der Waals surface area (Å²) in [5.74, 6) is -1.04. The van der Waals surface area contributed by atoms with Crippen LogP contribution in [0.5, 0.6) is 0 Å². The van der Waals surface area contributed by atoms with Crippen LogP contribution in [0.4, 0.5) is 11.4 Å². The topological polar surface area (TPSA) is 95.5 Å². The van der Waals surface area contributed by atoms with Crippen LogP contribution < -0.4 is 10.6 Å². The van der Waals surface area contributed by atoms with Gasteiger partial charge in [0.25, 0.3) is 0 Å². The fraction of sp³-hybridized carbons (Fsp3) is 0.227. The first-order valence-corrected chi connectivity index (χ1v) is 10.1. The summed E-state index contributed by atoms with van der Waals surface area (Å²) in [7, 11) is 0. The molecule has 2 rings (SSSR count). The summed E-state index contributed by atoms with van der Waals surface area (Å²) in [5.41, 5.74) is 2.49. The monoisotopic (exact) mass is 412 g/mol. The van der Waals surface area contributed by atoms with Gasteiger partial charge in [-0.3, -0.25) is 9.59 Å². The minimum absolute atomic E-state index is 0.0421. The molecule has 0 fully saturated rings. The number of nitrogens with one attached hydrogen (secondary N) is 2. The second-order valence-electron chi connectivity index (χ2n) is 6.76. The summed E-state index contributed by atoms with van der Waals surface area (Å²) in [6.45, 7) is 5.59. The molecule has 0 aliphatic rings. The van der Waals surface area contributed by atoms with E-state index in [9.17, 15) is 14.4 Å². The van der Waals surface area contributed by atoms with Crippen LogP contribution in [0.1, 0.15) is 32.3 Å². The summed E-state index contributed by atoms with van der Waals surface area (Å²) < 4.78 is 0. The standard InChI is InChI=1S/C22H24N2O4S/c1-14(2)16-4-6-17(7-5-16)24-21(26)13-29-19-10-8-18(9-11-19)23-20(25)12-15(3)22(27)28/h4-12,14H,13H2,1-3H3,(H,23,25)(H,24,26)(H,27,28)/b15-12+. The number of thioether (sulfide) groups is 1. The zero-order chi connectivity index (χ0) is 21.4. The molecule has 0 unspecified atom stereocenters. The van der Waals surface area contributed by atoms with Crippen LogP contribution in [-0.4, -0.2) is 28.6 Å². The lowest BCUT2D eigenvalue weighted by Crippen LogP contribution is -2.14. The number of hydrogen-bond acceptors (Lipinski definition) is 4. The number of benzene rings is 2. The lowest BCUT2D eigenvalue weighted by molar-refractivity contribution is -0.132. The number of carbonyl (C=O) groups is 3. The zero-order valence-electron chi connectivity index (χ0n) is 16.6. The van der Waals surface area contributed by atoms with Crippen molar-refractivity contribution in [1.82, 2.24) is 0 Å². The first-order chi connectivity index (χ1) is 13.7. The Balaban J connectivity index is 1.83. The molecule has 0 saturated carbocycles. The number of carbonyl (C=O) groups excluding carboxylic acids is 2. The van der Waals surface area contributed by atoms with Gasteiger partial charge in [-0.05, 0) is 54.8 Å². The van der Waals surface area contributed by atoms with E-state index in [0.29, 0.717) is 11.6 Å². The molecule has 2 aromatic carbocycles. The van der Waals surface area contributed by atoms with Gasteiger partial charge in [0.05, 0.1) is 5.75 Å². The summed E-state index contributed by atoms with van der Waals surface area (Å²) in [6, 6.07) is 14.8. The highest BCUT2D eigenvalue weighted by atomic mass is 32.2. The van der Waals surface area contributed by atoms with Gasteiger partial charge in [0.1, 0.15) is 0 Å². The van der Waals surface area contributed by atoms with Crippen molar-refractivity contribution in [1.29, 1.82) is 0 Å². The van der Waals surface area contributed by atoms with Gasteiger partial charge in [-0.15, -0.1) is 11.8 Å². The third kappa shape index (κ3) is 7.46. The number of amides is 2. The average molecular weight is 413 g/mol. The Hall–Kier alpha value is -3.06. The third-order valence-corrected chi connectivity index (χ3v) is 5.05. The van der Waals surface area contributed by atoms with E-state index in [1.807, 2.05) is 24.3 Å². The lowest BCUT2D eigenvalue weighted by Gasteiger charge is -2.09. The van der Waals surface area contributed by atoms with E-state index in [1.54, 1.807) is 24.3 Å². The molecule has 7 heteroatoms. The lowest BCUT2D eigenvalue weighted by atomic mass is 10.0. The maximum atomic E-state index is 12.1. The van der Waals surface area contributed by atoms with E-state index in [0.717, 1.165) is 16.7 Å². The van der Waals surface area contributed by atoms with Crippen molar-refractivity contribution in [2.75, 3.05) is 16.4 Å². The summed E-state index contributed by atoms with van der Waals surface area (Å²) >= 11 is 1.38. The van der Waals surface area contributed by atoms with Crippen molar-refractivity contribution in [3.63, 3.8) is 0 Å². The van der Waals surface area contributed by atoms with Crippen LogP contribution >= 0.6 is 11.8 Å². The normalized spacial score (nSPS) is 11.2. The van der Waals surface area contributed by atoms with Crippen LogP contribution in [0.3, 0.4) is 0 Å². The van der Waals surface area contributed by atoms with Gasteiger partial charge in [-0.25, -0.2) is 4.79 Å². The van der Waals surface area contributed by atoms with Gasteiger partial charge in [0.15, 0.2) is 0 Å². The van der Waals surface area contributed by atoms with E-state index < -0.39 is 11.9 Å². The molecule has 0 bridgehead atoms. The number of carboxylic acid groups (broad SMARTS) is 1. The Kier molecular flexibility index (Phi) is 8.03. The van der Waals surface area contributed by atoms with Crippen LogP contribution in [0.25, 0.3) is 0 Å². The van der Waals surface area contributed by atoms with Crippen molar-refractivity contribution in [2.24, 2.45) is 0 Å². The van der Waals surface area contributed by atoms with Crippen LogP contribution in [0.2, 0.25) is 0 Å². The van der Waals surface area contributed by atoms with Crippen molar-refractivity contribution < 1.29 is 19.5 Å². The second-order valence-corrected chi connectivity index (χ2v) is 7.81. The highest BCUT2D eigenvalue weighted by molar-refractivity contribution is 8.00. The maximum absolute atomic E-state index is 12.1. The average Bonchev–Trinajstić information content (AvgIpc) is 2.67. The van der Waals surface area contributed by atoms with E-state index in [2.05, 4.69) is 24.5 Å². The SMILES string of the molecule is C/C(=C\C(=O)Nc1ccc(SCC(=O)Nc2ccc(C(C)C)cc2)cc1)C(=O)O. The Morgan fingerprint density at radius 1 is 0.966 bits per heavy atom. The molecule has 0 spiro atoms. The third-order valence-electron chi connectivity index (χ3n) is 4.04. The van der Waals surface area contributed by atoms with Gasteiger partial charge in [0.2, 0.25) is 11.8 Å². The number of aliphatic carboxylic acids is 1. The minimum Gasteiger partial charge on any atom is -0.478 e. The molecule has 0 aromatic heterocycles. The van der Waals surface area contributed by atoms with E-state index >= 15 is 0 Å². The predicted molar refractivity (Wildman–Crippen MR) is 116 cm³/mol. The van der Waals surface area contributed by atoms with Gasteiger partial charge < -0.3 is 15.7 Å². The molecule has 152 valence electrons. The number of carboxylic acids is 1. The molecular weight excluding hydrogens is 388 g/mol. The largest absolute Gasteiger partial charge is 0.478 e.